The number of rotatable bonds is 6. The predicted octanol–water partition coefficient (Wildman–Crippen LogP) is 2.62. The van der Waals surface area contributed by atoms with Crippen molar-refractivity contribution in [2.24, 2.45) is 0 Å². The van der Waals surface area contributed by atoms with E-state index in [0.29, 0.717) is 35.9 Å². The molecule has 9 heteroatoms. The number of pyridine rings is 1. The van der Waals surface area contributed by atoms with Crippen molar-refractivity contribution >= 4 is 11.5 Å². The van der Waals surface area contributed by atoms with Gasteiger partial charge in [-0.2, -0.15) is 5.10 Å². The number of ether oxygens (including phenoxy) is 2. The van der Waals surface area contributed by atoms with Crippen LogP contribution in [0.4, 0.5) is 5.82 Å². The predicted molar refractivity (Wildman–Crippen MR) is 125 cm³/mol. The topological polar surface area (TPSA) is 88.3 Å². The van der Waals surface area contributed by atoms with Crippen LogP contribution in [-0.2, 0) is 0 Å². The van der Waals surface area contributed by atoms with Crippen LogP contribution in [0.1, 0.15) is 11.9 Å². The second kappa shape index (κ2) is 9.05. The van der Waals surface area contributed by atoms with E-state index < -0.39 is 6.23 Å². The number of benzene rings is 1. The highest BCUT2D eigenvalue weighted by molar-refractivity contribution is 5.66. The summed E-state index contributed by atoms with van der Waals surface area (Å²) in [5.41, 5.74) is 3.00. The van der Waals surface area contributed by atoms with Crippen LogP contribution in [0.2, 0.25) is 0 Å². The van der Waals surface area contributed by atoms with Crippen LogP contribution in [0.3, 0.4) is 0 Å². The molecule has 0 bridgehead atoms. The second-order valence-corrected chi connectivity index (χ2v) is 7.82. The van der Waals surface area contributed by atoms with E-state index >= 15 is 0 Å². The zero-order chi connectivity index (χ0) is 22.8. The molecule has 9 nitrogen and oxygen atoms in total. The summed E-state index contributed by atoms with van der Waals surface area (Å²) in [7, 11) is 3.22. The van der Waals surface area contributed by atoms with Gasteiger partial charge in [0.15, 0.2) is 23.4 Å². The molecule has 0 spiro atoms. The summed E-state index contributed by atoms with van der Waals surface area (Å²) in [6.45, 7) is 3.00. The van der Waals surface area contributed by atoms with E-state index in [1.54, 1.807) is 31.1 Å². The molecular weight excluding hydrogens is 420 g/mol. The second-order valence-electron chi connectivity index (χ2n) is 7.82. The highest BCUT2D eigenvalue weighted by Gasteiger charge is 2.26. The lowest BCUT2D eigenvalue weighted by atomic mass is 10.1. The Morgan fingerprint density at radius 2 is 1.70 bits per heavy atom. The van der Waals surface area contributed by atoms with Gasteiger partial charge in [-0.25, -0.2) is 14.5 Å². The average molecular weight is 447 g/mol. The SMILES string of the molecule is COc1ccc(-c2ccnc3cc(C(O)N4CCN(c5ccccn5)CC4)nn23)cc1OC. The third-order valence-corrected chi connectivity index (χ3v) is 5.95. The number of hydrogen-bond donors (Lipinski definition) is 1. The summed E-state index contributed by atoms with van der Waals surface area (Å²) < 4.78 is 12.5. The molecule has 1 aliphatic heterocycles. The normalized spacial score (nSPS) is 15.5. The van der Waals surface area contributed by atoms with Gasteiger partial charge in [-0.1, -0.05) is 6.07 Å². The number of nitrogens with zero attached hydrogens (tertiary/aromatic N) is 6. The summed E-state index contributed by atoms with van der Waals surface area (Å²) in [6, 6.07) is 15.4. The first-order valence-electron chi connectivity index (χ1n) is 10.8. The Hall–Kier alpha value is -3.69. The van der Waals surface area contributed by atoms with Gasteiger partial charge in [-0.3, -0.25) is 4.90 Å². The highest BCUT2D eigenvalue weighted by Crippen LogP contribution is 2.32. The van der Waals surface area contributed by atoms with Gasteiger partial charge in [0.2, 0.25) is 0 Å². The number of aliphatic hydroxyl groups is 1. The van der Waals surface area contributed by atoms with Gasteiger partial charge >= 0.3 is 0 Å². The van der Waals surface area contributed by atoms with Crippen molar-refractivity contribution in [2.75, 3.05) is 45.3 Å². The molecule has 1 saturated heterocycles. The van der Waals surface area contributed by atoms with Gasteiger partial charge in [0, 0.05) is 50.2 Å². The third kappa shape index (κ3) is 4.08. The van der Waals surface area contributed by atoms with E-state index in [9.17, 15) is 5.11 Å². The number of methoxy groups -OCH3 is 2. The van der Waals surface area contributed by atoms with Crippen LogP contribution >= 0.6 is 0 Å². The van der Waals surface area contributed by atoms with Crippen LogP contribution in [0, 0.1) is 0 Å². The van der Waals surface area contributed by atoms with Crippen molar-refractivity contribution in [1.29, 1.82) is 0 Å². The van der Waals surface area contributed by atoms with Crippen molar-refractivity contribution in [3.05, 3.63) is 66.6 Å². The molecule has 1 aliphatic rings. The number of hydrogen-bond acceptors (Lipinski definition) is 8. The van der Waals surface area contributed by atoms with E-state index in [1.807, 2.05) is 53.4 Å². The Kier molecular flexibility index (Phi) is 5.80. The fourth-order valence-corrected chi connectivity index (χ4v) is 4.18. The lowest BCUT2D eigenvalue weighted by Gasteiger charge is -2.37. The maximum atomic E-state index is 11.1. The minimum atomic E-state index is -0.809. The third-order valence-electron chi connectivity index (χ3n) is 5.95. The standard InChI is InChI=1S/C24H26N6O3/c1-32-20-7-6-17(15-21(20)33-2)19-8-10-26-23-16-18(27-30(19)23)24(31)29-13-11-28(12-14-29)22-5-3-4-9-25-22/h3-10,15-16,24,31H,11-14H2,1-2H3. The number of aromatic nitrogens is 4. The zero-order valence-electron chi connectivity index (χ0n) is 18.6. The van der Waals surface area contributed by atoms with Crippen molar-refractivity contribution in [3.8, 4) is 22.8 Å². The molecule has 0 amide bonds. The Morgan fingerprint density at radius 1 is 0.879 bits per heavy atom. The molecule has 1 unspecified atom stereocenters. The molecule has 4 heterocycles. The molecule has 0 aliphatic carbocycles. The first kappa shape index (κ1) is 21.2. The molecule has 1 N–H and O–H groups in total. The van der Waals surface area contributed by atoms with Crippen molar-refractivity contribution < 1.29 is 14.6 Å². The van der Waals surface area contributed by atoms with Gasteiger partial charge in [0.25, 0.3) is 0 Å². The molecule has 1 aromatic carbocycles. The van der Waals surface area contributed by atoms with E-state index in [0.717, 1.165) is 30.2 Å². The van der Waals surface area contributed by atoms with Crippen molar-refractivity contribution in [1.82, 2.24) is 24.5 Å². The number of anilines is 1. The van der Waals surface area contributed by atoms with Gasteiger partial charge in [-0.15, -0.1) is 0 Å². The Balaban J connectivity index is 1.38. The molecule has 1 atom stereocenters. The Labute approximate surface area is 191 Å². The largest absolute Gasteiger partial charge is 0.493 e. The lowest BCUT2D eigenvalue weighted by Crippen LogP contribution is -2.48. The highest BCUT2D eigenvalue weighted by atomic mass is 16.5. The number of aliphatic hydroxyl groups excluding tert-OH is 1. The van der Waals surface area contributed by atoms with E-state index in [2.05, 4.69) is 14.9 Å². The van der Waals surface area contributed by atoms with Gasteiger partial charge in [-0.05, 0) is 36.4 Å². The molecule has 33 heavy (non-hydrogen) atoms. The minimum absolute atomic E-state index is 0.571. The molecular formula is C24H26N6O3. The summed E-state index contributed by atoms with van der Waals surface area (Å²) in [6.07, 6.45) is 2.73. The van der Waals surface area contributed by atoms with Crippen LogP contribution in [-0.4, -0.2) is 70.0 Å². The quantitative estimate of drug-likeness (QED) is 0.484. The monoisotopic (exact) mass is 446 g/mol. The number of piperazine rings is 1. The number of fused-ring (bicyclic) bond motifs is 1. The van der Waals surface area contributed by atoms with Crippen LogP contribution in [0.25, 0.3) is 16.9 Å². The van der Waals surface area contributed by atoms with Crippen LogP contribution in [0.15, 0.2) is 60.9 Å². The van der Waals surface area contributed by atoms with Gasteiger partial charge in [0.1, 0.15) is 11.5 Å². The first-order valence-corrected chi connectivity index (χ1v) is 10.8. The van der Waals surface area contributed by atoms with Crippen LogP contribution in [0.5, 0.6) is 11.5 Å². The lowest BCUT2D eigenvalue weighted by molar-refractivity contribution is -0.00500. The molecule has 4 aromatic rings. The summed E-state index contributed by atoms with van der Waals surface area (Å²) in [4.78, 5) is 13.1. The minimum Gasteiger partial charge on any atom is -0.493 e. The Morgan fingerprint density at radius 3 is 2.42 bits per heavy atom. The average Bonchev–Trinajstić information content (AvgIpc) is 3.33. The van der Waals surface area contributed by atoms with E-state index in [-0.39, 0.29) is 0 Å². The molecule has 1 fully saturated rings. The summed E-state index contributed by atoms with van der Waals surface area (Å²) in [5.74, 6) is 2.26. The molecule has 0 saturated carbocycles. The van der Waals surface area contributed by atoms with Crippen molar-refractivity contribution in [2.45, 2.75) is 6.23 Å². The molecule has 0 radical (unpaired) electrons. The van der Waals surface area contributed by atoms with Gasteiger partial charge in [0.05, 0.1) is 19.9 Å². The summed E-state index contributed by atoms with van der Waals surface area (Å²) >= 11 is 0. The Bertz CT molecular complexity index is 1240. The first-order chi connectivity index (χ1) is 16.2. The molecule has 3 aromatic heterocycles. The fourth-order valence-electron chi connectivity index (χ4n) is 4.18. The van der Waals surface area contributed by atoms with Crippen molar-refractivity contribution in [3.63, 3.8) is 0 Å². The van der Waals surface area contributed by atoms with Crippen LogP contribution < -0.4 is 14.4 Å². The van der Waals surface area contributed by atoms with E-state index in [1.165, 1.54) is 0 Å². The molecule has 5 rings (SSSR count). The zero-order valence-corrected chi connectivity index (χ0v) is 18.6. The van der Waals surface area contributed by atoms with E-state index in [4.69, 9.17) is 14.6 Å². The fraction of sp³-hybridized carbons (Fsp3) is 0.292. The maximum absolute atomic E-state index is 11.1. The molecule has 170 valence electrons. The van der Waals surface area contributed by atoms with Gasteiger partial charge < -0.3 is 19.5 Å². The summed E-state index contributed by atoms with van der Waals surface area (Å²) in [5, 5.41) is 15.8. The smallest absolute Gasteiger partial charge is 0.161 e. The maximum Gasteiger partial charge on any atom is 0.161 e.